The number of piperazine rings is 1. The predicted octanol–water partition coefficient (Wildman–Crippen LogP) is 2.60. The summed E-state index contributed by atoms with van der Waals surface area (Å²) in [6.45, 7) is 7.34. The van der Waals surface area contributed by atoms with Gasteiger partial charge in [0, 0.05) is 37.9 Å². The minimum atomic E-state index is 0.296. The Hall–Kier alpha value is -2.74. The van der Waals surface area contributed by atoms with Crippen molar-refractivity contribution in [3.63, 3.8) is 0 Å². The maximum Gasteiger partial charge on any atom is 0.129 e. The molecular formula is C18H20N4O. The van der Waals surface area contributed by atoms with E-state index in [9.17, 15) is 5.11 Å². The number of anilines is 2. The summed E-state index contributed by atoms with van der Waals surface area (Å²) in [7, 11) is 0. The molecule has 1 saturated heterocycles. The van der Waals surface area contributed by atoms with Gasteiger partial charge in [0.2, 0.25) is 0 Å². The molecule has 1 aliphatic heterocycles. The van der Waals surface area contributed by atoms with E-state index in [1.165, 1.54) is 0 Å². The van der Waals surface area contributed by atoms with Gasteiger partial charge in [-0.1, -0.05) is 6.07 Å². The second kappa shape index (κ2) is 6.17. The van der Waals surface area contributed by atoms with Crippen LogP contribution in [0.1, 0.15) is 16.8 Å². The number of rotatable bonds is 2. The van der Waals surface area contributed by atoms with Crippen molar-refractivity contribution in [1.82, 2.24) is 4.98 Å². The molecule has 5 nitrogen and oxygen atoms in total. The van der Waals surface area contributed by atoms with E-state index in [0.717, 1.165) is 48.9 Å². The van der Waals surface area contributed by atoms with Crippen molar-refractivity contribution in [3.05, 3.63) is 47.2 Å². The van der Waals surface area contributed by atoms with Crippen molar-refractivity contribution in [2.75, 3.05) is 36.0 Å². The Balaban J connectivity index is 1.73. The third kappa shape index (κ3) is 3.07. The summed E-state index contributed by atoms with van der Waals surface area (Å²) in [4.78, 5) is 9.10. The second-order valence-electron chi connectivity index (χ2n) is 5.86. The maximum atomic E-state index is 9.61. The molecule has 0 radical (unpaired) electrons. The number of aryl methyl sites for hydroxylation is 2. The summed E-state index contributed by atoms with van der Waals surface area (Å²) in [6, 6.07) is 11.6. The zero-order chi connectivity index (χ0) is 16.4. The van der Waals surface area contributed by atoms with Crippen LogP contribution in [0.5, 0.6) is 5.75 Å². The Kier molecular flexibility index (Phi) is 4.07. The fraction of sp³-hybridized carbons (Fsp3) is 0.333. The molecule has 1 fully saturated rings. The molecule has 0 saturated carbocycles. The highest BCUT2D eigenvalue weighted by atomic mass is 16.3. The standard InChI is InChI=1S/C18H20N4O/c1-13-10-18(20-14(2)17(13)12-19)22-8-6-21(7-9-22)15-4-3-5-16(23)11-15/h3-5,10-11,23H,6-9H2,1-2H3. The first kappa shape index (κ1) is 15.2. The van der Waals surface area contributed by atoms with Crippen molar-refractivity contribution >= 4 is 11.5 Å². The van der Waals surface area contributed by atoms with E-state index in [0.29, 0.717) is 11.3 Å². The third-order valence-electron chi connectivity index (χ3n) is 4.29. The van der Waals surface area contributed by atoms with Gasteiger partial charge in [0.05, 0.1) is 11.3 Å². The summed E-state index contributed by atoms with van der Waals surface area (Å²) in [5.74, 6) is 1.24. The molecule has 5 heteroatoms. The Bertz CT molecular complexity index is 735. The summed E-state index contributed by atoms with van der Waals surface area (Å²) in [5, 5.41) is 18.8. The van der Waals surface area contributed by atoms with Crippen LogP contribution in [0.3, 0.4) is 0 Å². The number of hydrogen-bond donors (Lipinski definition) is 1. The summed E-state index contributed by atoms with van der Waals surface area (Å²) >= 11 is 0. The van der Waals surface area contributed by atoms with Gasteiger partial charge in [-0.3, -0.25) is 0 Å². The summed E-state index contributed by atoms with van der Waals surface area (Å²) < 4.78 is 0. The number of phenolic OH excluding ortho intramolecular Hbond substituents is 1. The number of nitriles is 1. The number of aromatic nitrogens is 1. The van der Waals surface area contributed by atoms with Crippen LogP contribution in [0.15, 0.2) is 30.3 Å². The first-order valence-corrected chi connectivity index (χ1v) is 7.76. The second-order valence-corrected chi connectivity index (χ2v) is 5.86. The smallest absolute Gasteiger partial charge is 0.129 e. The molecule has 1 aromatic carbocycles. The molecule has 0 atom stereocenters. The topological polar surface area (TPSA) is 63.4 Å². The molecule has 0 unspecified atom stereocenters. The normalized spacial score (nSPS) is 14.7. The Labute approximate surface area is 136 Å². The third-order valence-corrected chi connectivity index (χ3v) is 4.29. The molecule has 0 amide bonds. The average Bonchev–Trinajstić information content (AvgIpc) is 2.55. The number of pyridine rings is 1. The average molecular weight is 308 g/mol. The van der Waals surface area contributed by atoms with Crippen molar-refractivity contribution in [2.45, 2.75) is 13.8 Å². The van der Waals surface area contributed by atoms with Crippen LogP contribution in [0.2, 0.25) is 0 Å². The molecule has 23 heavy (non-hydrogen) atoms. The highest BCUT2D eigenvalue weighted by Crippen LogP contribution is 2.24. The van der Waals surface area contributed by atoms with Gasteiger partial charge in [-0.15, -0.1) is 0 Å². The van der Waals surface area contributed by atoms with Crippen LogP contribution in [-0.4, -0.2) is 36.3 Å². The van der Waals surface area contributed by atoms with Crippen LogP contribution < -0.4 is 9.80 Å². The van der Waals surface area contributed by atoms with E-state index in [2.05, 4.69) is 20.9 Å². The van der Waals surface area contributed by atoms with Crippen molar-refractivity contribution in [3.8, 4) is 11.8 Å². The van der Waals surface area contributed by atoms with Gasteiger partial charge in [-0.25, -0.2) is 4.98 Å². The van der Waals surface area contributed by atoms with Crippen LogP contribution in [0.25, 0.3) is 0 Å². The fourth-order valence-electron chi connectivity index (χ4n) is 3.03. The van der Waals surface area contributed by atoms with E-state index in [-0.39, 0.29) is 0 Å². The number of hydrogen-bond acceptors (Lipinski definition) is 5. The number of nitrogens with zero attached hydrogens (tertiary/aromatic N) is 4. The van der Waals surface area contributed by atoms with Gasteiger partial charge in [-0.2, -0.15) is 5.26 Å². The first-order valence-electron chi connectivity index (χ1n) is 7.76. The molecular weight excluding hydrogens is 288 g/mol. The fourth-order valence-corrected chi connectivity index (χ4v) is 3.03. The number of benzene rings is 1. The van der Waals surface area contributed by atoms with E-state index >= 15 is 0 Å². The lowest BCUT2D eigenvalue weighted by atomic mass is 10.1. The van der Waals surface area contributed by atoms with E-state index in [1.807, 2.05) is 32.0 Å². The molecule has 1 aliphatic rings. The molecule has 1 aromatic heterocycles. The monoisotopic (exact) mass is 308 g/mol. The van der Waals surface area contributed by atoms with Gasteiger partial charge in [0.25, 0.3) is 0 Å². The van der Waals surface area contributed by atoms with Crippen molar-refractivity contribution in [2.24, 2.45) is 0 Å². The highest BCUT2D eigenvalue weighted by molar-refractivity contribution is 5.54. The van der Waals surface area contributed by atoms with Crippen molar-refractivity contribution in [1.29, 1.82) is 5.26 Å². The van der Waals surface area contributed by atoms with E-state index in [1.54, 1.807) is 12.1 Å². The number of phenols is 1. The van der Waals surface area contributed by atoms with Crippen molar-refractivity contribution < 1.29 is 5.11 Å². The maximum absolute atomic E-state index is 9.61. The quantitative estimate of drug-likeness (QED) is 0.924. The van der Waals surface area contributed by atoms with Gasteiger partial charge >= 0.3 is 0 Å². The minimum absolute atomic E-state index is 0.296. The Morgan fingerprint density at radius 3 is 2.39 bits per heavy atom. The lowest BCUT2D eigenvalue weighted by molar-refractivity contribution is 0.475. The minimum Gasteiger partial charge on any atom is -0.508 e. The number of aromatic hydroxyl groups is 1. The van der Waals surface area contributed by atoms with E-state index in [4.69, 9.17) is 5.26 Å². The Morgan fingerprint density at radius 2 is 1.78 bits per heavy atom. The summed E-state index contributed by atoms with van der Waals surface area (Å²) in [6.07, 6.45) is 0. The lowest BCUT2D eigenvalue weighted by Crippen LogP contribution is -2.46. The van der Waals surface area contributed by atoms with E-state index < -0.39 is 0 Å². The molecule has 0 aliphatic carbocycles. The van der Waals surface area contributed by atoms with Gasteiger partial charge in [0.15, 0.2) is 0 Å². The predicted molar refractivity (Wildman–Crippen MR) is 91.0 cm³/mol. The summed E-state index contributed by atoms with van der Waals surface area (Å²) in [5.41, 5.74) is 3.49. The van der Waals surface area contributed by atoms with Crippen LogP contribution >= 0.6 is 0 Å². The SMILES string of the molecule is Cc1cc(N2CCN(c3cccc(O)c3)CC2)nc(C)c1C#N. The van der Waals surface area contributed by atoms with Crippen LogP contribution in [0, 0.1) is 25.2 Å². The molecule has 0 spiro atoms. The zero-order valence-corrected chi connectivity index (χ0v) is 13.5. The first-order chi connectivity index (χ1) is 11.1. The molecule has 2 heterocycles. The van der Waals surface area contributed by atoms with Crippen LogP contribution in [-0.2, 0) is 0 Å². The zero-order valence-electron chi connectivity index (χ0n) is 13.5. The van der Waals surface area contributed by atoms with Gasteiger partial charge < -0.3 is 14.9 Å². The molecule has 3 rings (SSSR count). The highest BCUT2D eigenvalue weighted by Gasteiger charge is 2.19. The molecule has 0 bridgehead atoms. The largest absolute Gasteiger partial charge is 0.508 e. The molecule has 2 aromatic rings. The molecule has 1 N–H and O–H groups in total. The lowest BCUT2D eigenvalue weighted by Gasteiger charge is -2.37. The Morgan fingerprint density at radius 1 is 1.09 bits per heavy atom. The van der Waals surface area contributed by atoms with Crippen LogP contribution in [0.4, 0.5) is 11.5 Å². The van der Waals surface area contributed by atoms with Gasteiger partial charge in [-0.05, 0) is 37.6 Å². The van der Waals surface area contributed by atoms with Gasteiger partial charge in [0.1, 0.15) is 17.6 Å². The molecule has 118 valence electrons.